The molecule has 9 heteroatoms. The molecule has 3 aromatic rings. The molecule has 1 saturated heterocycles. The van der Waals surface area contributed by atoms with Crippen molar-refractivity contribution in [2.24, 2.45) is 5.92 Å². The van der Waals surface area contributed by atoms with Gasteiger partial charge in [0, 0.05) is 29.6 Å². The van der Waals surface area contributed by atoms with Crippen LogP contribution in [0.1, 0.15) is 62.9 Å². The van der Waals surface area contributed by atoms with Crippen molar-refractivity contribution in [1.29, 1.82) is 0 Å². The van der Waals surface area contributed by atoms with E-state index in [4.69, 9.17) is 9.26 Å². The molecule has 1 aliphatic rings. The summed E-state index contributed by atoms with van der Waals surface area (Å²) in [6.45, 7) is 12.1. The Morgan fingerprint density at radius 3 is 2.43 bits per heavy atom. The van der Waals surface area contributed by atoms with E-state index >= 15 is 0 Å². The van der Waals surface area contributed by atoms with Gasteiger partial charge >= 0.3 is 0 Å². The van der Waals surface area contributed by atoms with E-state index in [1.807, 2.05) is 20.8 Å². The standard InChI is InChI=1S/C28H35N5O4/c1-27(2,3)23-15-24(33-37-23)32-25(34)14-18-6-8-20(9-7-18)31-26(35)22-11-10-21(17-30-22)36-28(4,5)19-12-13-29-16-19/h6-11,15,17,19,29H,12-14,16H2,1-5H3,(H,31,35)(H,32,33,34). The zero-order valence-corrected chi connectivity index (χ0v) is 22.1. The summed E-state index contributed by atoms with van der Waals surface area (Å²) >= 11 is 0. The molecular weight excluding hydrogens is 470 g/mol. The van der Waals surface area contributed by atoms with Gasteiger partial charge in [0.05, 0.1) is 12.6 Å². The van der Waals surface area contributed by atoms with Crippen LogP contribution in [-0.2, 0) is 16.6 Å². The lowest BCUT2D eigenvalue weighted by Gasteiger charge is -2.32. The minimum atomic E-state index is -0.322. The van der Waals surface area contributed by atoms with E-state index in [1.165, 1.54) is 0 Å². The highest BCUT2D eigenvalue weighted by molar-refractivity contribution is 6.02. The summed E-state index contributed by atoms with van der Waals surface area (Å²) in [5.74, 6) is 1.62. The highest BCUT2D eigenvalue weighted by Gasteiger charge is 2.33. The van der Waals surface area contributed by atoms with Crippen LogP contribution < -0.4 is 20.7 Å². The van der Waals surface area contributed by atoms with Crippen LogP contribution in [0.15, 0.2) is 53.2 Å². The Balaban J connectivity index is 1.28. The van der Waals surface area contributed by atoms with E-state index in [0.717, 1.165) is 25.1 Å². The molecule has 0 bridgehead atoms. The molecule has 196 valence electrons. The summed E-state index contributed by atoms with van der Waals surface area (Å²) in [7, 11) is 0. The van der Waals surface area contributed by atoms with Gasteiger partial charge in [-0.05, 0) is 56.6 Å². The highest BCUT2D eigenvalue weighted by atomic mass is 16.5. The molecule has 0 aliphatic carbocycles. The average Bonchev–Trinajstić information content (AvgIpc) is 3.53. The van der Waals surface area contributed by atoms with Crippen molar-refractivity contribution in [3.63, 3.8) is 0 Å². The monoisotopic (exact) mass is 505 g/mol. The lowest BCUT2D eigenvalue weighted by Crippen LogP contribution is -2.38. The van der Waals surface area contributed by atoms with Crippen molar-refractivity contribution >= 4 is 23.3 Å². The second kappa shape index (κ2) is 10.7. The summed E-state index contributed by atoms with van der Waals surface area (Å²) in [4.78, 5) is 29.3. The number of ether oxygens (including phenoxy) is 1. The number of hydrogen-bond donors (Lipinski definition) is 3. The molecular formula is C28H35N5O4. The fourth-order valence-corrected chi connectivity index (χ4v) is 4.17. The summed E-state index contributed by atoms with van der Waals surface area (Å²) < 4.78 is 11.5. The van der Waals surface area contributed by atoms with E-state index in [9.17, 15) is 9.59 Å². The molecule has 1 aromatic carbocycles. The number of anilines is 2. The van der Waals surface area contributed by atoms with Crippen LogP contribution >= 0.6 is 0 Å². The van der Waals surface area contributed by atoms with Crippen LogP contribution in [0.2, 0.25) is 0 Å². The van der Waals surface area contributed by atoms with Crippen molar-refractivity contribution in [2.45, 2.75) is 58.5 Å². The molecule has 0 saturated carbocycles. The molecule has 2 aromatic heterocycles. The van der Waals surface area contributed by atoms with Crippen LogP contribution in [0.5, 0.6) is 5.75 Å². The van der Waals surface area contributed by atoms with E-state index in [0.29, 0.717) is 34.6 Å². The first-order chi connectivity index (χ1) is 17.5. The summed E-state index contributed by atoms with van der Waals surface area (Å²) in [5, 5.41) is 12.9. The third-order valence-corrected chi connectivity index (χ3v) is 6.49. The third kappa shape index (κ3) is 6.95. The number of rotatable bonds is 8. The SMILES string of the molecule is CC(C)(C)c1cc(NC(=O)Cc2ccc(NC(=O)c3ccc(OC(C)(C)C4CCNC4)cn3)cc2)no1. The average molecular weight is 506 g/mol. The Morgan fingerprint density at radius 1 is 1.08 bits per heavy atom. The van der Waals surface area contributed by atoms with Gasteiger partial charge in [-0.3, -0.25) is 9.59 Å². The maximum atomic E-state index is 12.7. The topological polar surface area (TPSA) is 118 Å². The number of benzene rings is 1. The normalized spacial score (nSPS) is 15.9. The number of carbonyl (C=O) groups is 2. The molecule has 2 amide bonds. The second-order valence-electron chi connectivity index (χ2n) is 11.0. The first-order valence-corrected chi connectivity index (χ1v) is 12.5. The zero-order valence-electron chi connectivity index (χ0n) is 22.1. The lowest BCUT2D eigenvalue weighted by atomic mass is 9.90. The van der Waals surface area contributed by atoms with Gasteiger partial charge < -0.3 is 25.2 Å². The van der Waals surface area contributed by atoms with Crippen molar-refractivity contribution in [2.75, 3.05) is 23.7 Å². The molecule has 9 nitrogen and oxygen atoms in total. The molecule has 1 atom stereocenters. The largest absolute Gasteiger partial charge is 0.486 e. The molecule has 1 unspecified atom stereocenters. The van der Waals surface area contributed by atoms with Crippen LogP contribution in [0.3, 0.4) is 0 Å². The number of nitrogens with one attached hydrogen (secondary N) is 3. The fraction of sp³-hybridized carbons (Fsp3) is 0.429. The van der Waals surface area contributed by atoms with Gasteiger partial charge in [0.15, 0.2) is 5.82 Å². The molecule has 4 rings (SSSR count). The van der Waals surface area contributed by atoms with Crippen LogP contribution in [0.25, 0.3) is 0 Å². The predicted molar refractivity (Wildman–Crippen MR) is 142 cm³/mol. The Hall–Kier alpha value is -3.72. The number of aromatic nitrogens is 2. The predicted octanol–water partition coefficient (Wildman–Crippen LogP) is 4.57. The Morgan fingerprint density at radius 2 is 1.84 bits per heavy atom. The van der Waals surface area contributed by atoms with Gasteiger partial charge in [-0.15, -0.1) is 0 Å². The molecule has 1 aliphatic heterocycles. The summed E-state index contributed by atoms with van der Waals surface area (Å²) in [5.41, 5.74) is 1.19. The van der Waals surface area contributed by atoms with Gasteiger partial charge in [-0.25, -0.2) is 4.98 Å². The Bertz CT molecular complexity index is 1220. The van der Waals surface area contributed by atoms with E-state index in [1.54, 1.807) is 48.7 Å². The maximum absolute atomic E-state index is 12.7. The third-order valence-electron chi connectivity index (χ3n) is 6.49. The minimum Gasteiger partial charge on any atom is -0.486 e. The van der Waals surface area contributed by atoms with Crippen LogP contribution in [-0.4, -0.2) is 40.6 Å². The quantitative estimate of drug-likeness (QED) is 0.410. The van der Waals surface area contributed by atoms with Crippen molar-refractivity contribution in [3.8, 4) is 5.75 Å². The molecule has 0 spiro atoms. The molecule has 3 N–H and O–H groups in total. The summed E-state index contributed by atoms with van der Waals surface area (Å²) in [6.07, 6.45) is 2.83. The zero-order chi connectivity index (χ0) is 26.6. The second-order valence-corrected chi connectivity index (χ2v) is 11.0. The number of pyridine rings is 1. The maximum Gasteiger partial charge on any atom is 0.274 e. The molecule has 37 heavy (non-hydrogen) atoms. The van der Waals surface area contributed by atoms with Crippen molar-refractivity contribution in [1.82, 2.24) is 15.5 Å². The Kier molecular flexibility index (Phi) is 7.63. The van der Waals surface area contributed by atoms with Gasteiger partial charge in [-0.2, -0.15) is 0 Å². The van der Waals surface area contributed by atoms with Crippen LogP contribution in [0.4, 0.5) is 11.5 Å². The smallest absolute Gasteiger partial charge is 0.274 e. The van der Waals surface area contributed by atoms with Crippen molar-refractivity contribution < 1.29 is 18.8 Å². The first-order valence-electron chi connectivity index (χ1n) is 12.5. The van der Waals surface area contributed by atoms with E-state index < -0.39 is 0 Å². The van der Waals surface area contributed by atoms with Crippen LogP contribution in [0, 0.1) is 5.92 Å². The molecule has 0 radical (unpaired) electrons. The molecule has 3 heterocycles. The fourth-order valence-electron chi connectivity index (χ4n) is 4.17. The van der Waals surface area contributed by atoms with Gasteiger partial charge in [-0.1, -0.05) is 38.1 Å². The highest BCUT2D eigenvalue weighted by Crippen LogP contribution is 2.29. The van der Waals surface area contributed by atoms with Gasteiger partial charge in [0.2, 0.25) is 5.91 Å². The number of carbonyl (C=O) groups excluding carboxylic acids is 2. The van der Waals surface area contributed by atoms with Crippen molar-refractivity contribution in [3.05, 3.63) is 65.7 Å². The number of hydrogen-bond acceptors (Lipinski definition) is 7. The molecule has 1 fully saturated rings. The van der Waals surface area contributed by atoms with E-state index in [2.05, 4.69) is 39.9 Å². The van der Waals surface area contributed by atoms with Gasteiger partial charge in [0.25, 0.3) is 5.91 Å². The van der Waals surface area contributed by atoms with E-state index in [-0.39, 0.29) is 29.3 Å². The Labute approximate surface area is 217 Å². The number of amides is 2. The van der Waals surface area contributed by atoms with Gasteiger partial charge in [0.1, 0.15) is 22.8 Å². The summed E-state index contributed by atoms with van der Waals surface area (Å²) in [6, 6.07) is 12.3. The minimum absolute atomic E-state index is 0.169. The number of nitrogens with zero attached hydrogens (tertiary/aromatic N) is 2. The first kappa shape index (κ1) is 26.3. The lowest BCUT2D eigenvalue weighted by molar-refractivity contribution is -0.115.